The van der Waals surface area contributed by atoms with Crippen molar-refractivity contribution in [2.24, 2.45) is 5.92 Å². The summed E-state index contributed by atoms with van der Waals surface area (Å²) in [6.07, 6.45) is 2.16. The van der Waals surface area contributed by atoms with E-state index in [4.69, 9.17) is 11.3 Å². The van der Waals surface area contributed by atoms with Gasteiger partial charge in [-0.25, -0.2) is 9.64 Å². The van der Waals surface area contributed by atoms with Crippen molar-refractivity contribution in [2.75, 3.05) is 13.1 Å². The molecule has 20 heavy (non-hydrogen) atoms. The van der Waals surface area contributed by atoms with Crippen molar-refractivity contribution in [1.29, 1.82) is 0 Å². The van der Waals surface area contributed by atoms with Crippen molar-refractivity contribution < 1.29 is 14.8 Å². The zero-order chi connectivity index (χ0) is 14.6. The predicted octanol–water partition coefficient (Wildman–Crippen LogP) is 2.15. The molecule has 0 aliphatic carbocycles. The third-order valence-electron chi connectivity index (χ3n) is 4.01. The van der Waals surface area contributed by atoms with Gasteiger partial charge < -0.3 is 10.1 Å². The van der Waals surface area contributed by atoms with Gasteiger partial charge in [0.1, 0.15) is 5.60 Å². The zero-order valence-electron chi connectivity index (χ0n) is 12.1. The lowest BCUT2D eigenvalue weighted by Gasteiger charge is -2.35. The van der Waals surface area contributed by atoms with Crippen molar-refractivity contribution in [3.8, 4) is 0 Å². The van der Waals surface area contributed by atoms with Crippen LogP contribution in [0.5, 0.6) is 0 Å². The Hall–Kier alpha value is -1.86. The second kappa shape index (κ2) is 6.06. The number of rotatable bonds is 3. The van der Waals surface area contributed by atoms with E-state index in [9.17, 15) is 4.79 Å². The third kappa shape index (κ3) is 3.37. The molecule has 0 unspecified atom stereocenters. The highest BCUT2D eigenvalue weighted by Gasteiger charge is 2.35. The summed E-state index contributed by atoms with van der Waals surface area (Å²) < 4.78 is 5.71. The van der Waals surface area contributed by atoms with Gasteiger partial charge in [0.05, 0.1) is 25.2 Å². The number of carbonyl (C=O) groups is 1. The summed E-state index contributed by atoms with van der Waals surface area (Å²) >= 11 is 0. The fourth-order valence-corrected chi connectivity index (χ4v) is 2.68. The summed E-state index contributed by atoms with van der Waals surface area (Å²) in [5, 5.41) is 2.30. The van der Waals surface area contributed by atoms with E-state index >= 15 is 0 Å². The number of quaternary nitrogens is 1. The first-order chi connectivity index (χ1) is 9.53. The van der Waals surface area contributed by atoms with Crippen molar-refractivity contribution in [3.05, 3.63) is 41.2 Å². The summed E-state index contributed by atoms with van der Waals surface area (Å²) in [6, 6.07) is 6.60. The number of ether oxygens (including phenoxy) is 1. The van der Waals surface area contributed by atoms with Crippen LogP contribution in [0, 0.1) is 12.5 Å². The van der Waals surface area contributed by atoms with Crippen LogP contribution in [0.2, 0.25) is 0 Å². The molecule has 1 saturated heterocycles. The monoisotopic (exact) mass is 273 g/mol. The maximum Gasteiger partial charge on any atom is 0.338 e. The number of hydrogen-bond donors (Lipinski definition) is 1. The van der Waals surface area contributed by atoms with E-state index in [-0.39, 0.29) is 5.97 Å². The molecule has 0 spiro atoms. The standard InChI is InChI=1S/C16H20N2O2/c1-16(2,13-8-10-18-11-9-13)20-15(19)12-4-6-14(17-3)7-5-12/h4-7,13,18H,8-11H2,1-2H3/p+1. The van der Waals surface area contributed by atoms with E-state index in [0.29, 0.717) is 17.2 Å². The second-order valence-corrected chi connectivity index (χ2v) is 5.79. The van der Waals surface area contributed by atoms with Crippen molar-refractivity contribution >= 4 is 11.7 Å². The van der Waals surface area contributed by atoms with Gasteiger partial charge in [-0.3, -0.25) is 0 Å². The molecule has 1 heterocycles. The fraction of sp³-hybridized carbons (Fsp3) is 0.500. The number of benzene rings is 1. The average molecular weight is 273 g/mol. The third-order valence-corrected chi connectivity index (χ3v) is 4.01. The van der Waals surface area contributed by atoms with Gasteiger partial charge in [0.2, 0.25) is 0 Å². The van der Waals surface area contributed by atoms with Gasteiger partial charge >= 0.3 is 5.97 Å². The first kappa shape index (κ1) is 14.5. The Kier molecular flexibility index (Phi) is 4.41. The molecule has 4 heteroatoms. The SMILES string of the molecule is [C-]#[N+]c1ccc(C(=O)OC(C)(C)C2CC[NH2+]CC2)cc1. The minimum Gasteiger partial charge on any atom is -0.456 e. The van der Waals surface area contributed by atoms with Crippen LogP contribution in [0.3, 0.4) is 0 Å². The molecule has 1 aliphatic rings. The van der Waals surface area contributed by atoms with Gasteiger partial charge in [-0.2, -0.15) is 0 Å². The molecule has 1 fully saturated rings. The lowest BCUT2D eigenvalue weighted by atomic mass is 9.83. The number of nitrogens with zero attached hydrogens (tertiary/aromatic N) is 1. The van der Waals surface area contributed by atoms with Crippen molar-refractivity contribution in [1.82, 2.24) is 0 Å². The molecule has 1 aliphatic heterocycles. The van der Waals surface area contributed by atoms with E-state index in [1.165, 1.54) is 0 Å². The van der Waals surface area contributed by atoms with E-state index in [0.717, 1.165) is 25.9 Å². The first-order valence-corrected chi connectivity index (χ1v) is 7.05. The fourth-order valence-electron chi connectivity index (χ4n) is 2.68. The molecule has 0 amide bonds. The van der Waals surface area contributed by atoms with Gasteiger partial charge in [0.15, 0.2) is 5.69 Å². The van der Waals surface area contributed by atoms with Crippen LogP contribution in [0.15, 0.2) is 24.3 Å². The summed E-state index contributed by atoms with van der Waals surface area (Å²) in [6.45, 7) is 13.1. The molecule has 4 nitrogen and oxygen atoms in total. The maximum atomic E-state index is 12.2. The molecule has 106 valence electrons. The van der Waals surface area contributed by atoms with Crippen LogP contribution in [0.1, 0.15) is 37.0 Å². The van der Waals surface area contributed by atoms with Crippen LogP contribution in [0.25, 0.3) is 4.85 Å². The van der Waals surface area contributed by atoms with Crippen LogP contribution < -0.4 is 5.32 Å². The number of carbonyl (C=O) groups excluding carboxylic acids is 1. The summed E-state index contributed by atoms with van der Waals surface area (Å²) in [7, 11) is 0. The van der Waals surface area contributed by atoms with E-state index in [1.54, 1.807) is 24.3 Å². The molecular weight excluding hydrogens is 252 g/mol. The van der Waals surface area contributed by atoms with Crippen LogP contribution in [-0.2, 0) is 4.74 Å². The quantitative estimate of drug-likeness (QED) is 0.677. The minimum absolute atomic E-state index is 0.305. The van der Waals surface area contributed by atoms with Gasteiger partial charge in [0.25, 0.3) is 0 Å². The van der Waals surface area contributed by atoms with E-state index < -0.39 is 5.60 Å². The average Bonchev–Trinajstić information content (AvgIpc) is 2.48. The Bertz CT molecular complexity index is 508. The zero-order valence-corrected chi connectivity index (χ0v) is 12.1. The minimum atomic E-state index is -0.441. The second-order valence-electron chi connectivity index (χ2n) is 5.79. The molecule has 2 rings (SSSR count). The smallest absolute Gasteiger partial charge is 0.338 e. The van der Waals surface area contributed by atoms with Crippen molar-refractivity contribution in [2.45, 2.75) is 32.3 Å². The lowest BCUT2D eigenvalue weighted by molar-refractivity contribution is -0.665. The Morgan fingerprint density at radius 1 is 1.30 bits per heavy atom. The van der Waals surface area contributed by atoms with Crippen LogP contribution in [-0.4, -0.2) is 24.7 Å². The largest absolute Gasteiger partial charge is 0.456 e. The number of hydrogen-bond acceptors (Lipinski definition) is 2. The molecule has 2 N–H and O–H groups in total. The molecule has 0 atom stereocenters. The summed E-state index contributed by atoms with van der Waals surface area (Å²) in [5.41, 5.74) is 0.598. The Morgan fingerprint density at radius 2 is 1.90 bits per heavy atom. The Balaban J connectivity index is 2.03. The Morgan fingerprint density at radius 3 is 2.45 bits per heavy atom. The summed E-state index contributed by atoms with van der Waals surface area (Å²) in [4.78, 5) is 15.5. The maximum absolute atomic E-state index is 12.2. The number of esters is 1. The van der Waals surface area contributed by atoms with E-state index in [1.807, 2.05) is 13.8 Å². The summed E-state index contributed by atoms with van der Waals surface area (Å²) in [5.74, 6) is 0.111. The molecule has 0 bridgehead atoms. The van der Waals surface area contributed by atoms with E-state index in [2.05, 4.69) is 10.2 Å². The highest BCUT2D eigenvalue weighted by molar-refractivity contribution is 5.90. The highest BCUT2D eigenvalue weighted by atomic mass is 16.6. The molecule has 0 radical (unpaired) electrons. The van der Waals surface area contributed by atoms with Crippen molar-refractivity contribution in [3.63, 3.8) is 0 Å². The van der Waals surface area contributed by atoms with Gasteiger partial charge in [0, 0.05) is 18.8 Å². The predicted molar refractivity (Wildman–Crippen MR) is 76.6 cm³/mol. The van der Waals surface area contributed by atoms with Crippen LogP contribution >= 0.6 is 0 Å². The molecular formula is C16H21N2O2+. The Labute approximate surface area is 120 Å². The molecule has 0 aromatic heterocycles. The number of nitrogens with two attached hydrogens (primary N) is 1. The van der Waals surface area contributed by atoms with Gasteiger partial charge in [-0.05, 0) is 13.8 Å². The molecule has 1 aromatic carbocycles. The molecule has 1 aromatic rings. The number of piperidine rings is 1. The lowest BCUT2D eigenvalue weighted by Crippen LogP contribution is -2.86. The van der Waals surface area contributed by atoms with Gasteiger partial charge in [-0.1, -0.05) is 24.3 Å². The highest BCUT2D eigenvalue weighted by Crippen LogP contribution is 2.29. The molecule has 0 saturated carbocycles. The van der Waals surface area contributed by atoms with Gasteiger partial charge in [-0.15, -0.1) is 0 Å². The topological polar surface area (TPSA) is 47.3 Å². The normalized spacial score (nSPS) is 16.4. The van der Waals surface area contributed by atoms with Crippen LogP contribution in [0.4, 0.5) is 5.69 Å². The first-order valence-electron chi connectivity index (χ1n) is 7.05.